The third kappa shape index (κ3) is 66.9. The van der Waals surface area contributed by atoms with Gasteiger partial charge in [0, 0.05) is 19.3 Å². The van der Waals surface area contributed by atoms with Crippen LogP contribution in [0.15, 0.2) is 109 Å². The van der Waals surface area contributed by atoms with Crippen molar-refractivity contribution in [3.05, 3.63) is 109 Å². The summed E-state index contributed by atoms with van der Waals surface area (Å²) in [7, 11) is 0. The fourth-order valence-electron chi connectivity index (χ4n) is 9.77. The van der Waals surface area contributed by atoms with Crippen LogP contribution in [0, 0.1) is 0 Å². The summed E-state index contributed by atoms with van der Waals surface area (Å²) in [6.45, 7) is 6.54. The Hall–Kier alpha value is -3.93. The summed E-state index contributed by atoms with van der Waals surface area (Å²) < 4.78 is 17.0. The Kier molecular flexibility index (Phi) is 66.2. The highest BCUT2D eigenvalue weighted by Gasteiger charge is 2.19. The van der Waals surface area contributed by atoms with Crippen LogP contribution in [-0.4, -0.2) is 37.2 Å². The van der Waals surface area contributed by atoms with E-state index in [4.69, 9.17) is 14.2 Å². The van der Waals surface area contributed by atoms with E-state index in [1.807, 2.05) is 0 Å². The van der Waals surface area contributed by atoms with Crippen LogP contribution in [0.2, 0.25) is 0 Å². The number of esters is 3. The van der Waals surface area contributed by atoms with Crippen LogP contribution < -0.4 is 0 Å². The molecule has 470 valence electrons. The van der Waals surface area contributed by atoms with Crippen molar-refractivity contribution in [3.63, 3.8) is 0 Å². The van der Waals surface area contributed by atoms with Gasteiger partial charge in [0.15, 0.2) is 6.10 Å². The molecule has 1 unspecified atom stereocenters. The molecule has 0 spiro atoms. The molecule has 0 fully saturated rings. The van der Waals surface area contributed by atoms with Crippen molar-refractivity contribution < 1.29 is 28.6 Å². The van der Waals surface area contributed by atoms with Crippen LogP contribution in [0.5, 0.6) is 0 Å². The average molecular weight is 1140 g/mol. The molecule has 0 rings (SSSR count). The Balaban J connectivity index is 4.37. The SMILES string of the molecule is CC/C=C\C/C=C\C/C=C\C/C=C\C/C=C\C/C=C\C/C=C\CCCCCCCCCC(=O)OCC(COC(=O)CCCCCCC/C=C\CCCCCCCCC)OC(=O)CCCCCCCCCCC/C=C\CCCCCCCC. The van der Waals surface area contributed by atoms with E-state index in [2.05, 4.69) is 130 Å². The number of unbranched alkanes of at least 4 members (excludes halogenated alkanes) is 34. The molecule has 0 radical (unpaired) electrons. The van der Waals surface area contributed by atoms with Gasteiger partial charge in [-0.25, -0.2) is 0 Å². The Morgan fingerprint density at radius 3 is 0.756 bits per heavy atom. The van der Waals surface area contributed by atoms with Crippen LogP contribution in [0.25, 0.3) is 0 Å². The molecular formula is C76H130O6. The maximum atomic E-state index is 12.9. The van der Waals surface area contributed by atoms with Crippen molar-refractivity contribution in [2.45, 2.75) is 341 Å². The van der Waals surface area contributed by atoms with Gasteiger partial charge in [-0.05, 0) is 128 Å². The Morgan fingerprint density at radius 1 is 0.256 bits per heavy atom. The summed E-state index contributed by atoms with van der Waals surface area (Å²) in [5.41, 5.74) is 0. The molecule has 1 atom stereocenters. The van der Waals surface area contributed by atoms with Gasteiger partial charge in [0.1, 0.15) is 13.2 Å². The molecule has 0 bridgehead atoms. The molecule has 0 heterocycles. The lowest BCUT2D eigenvalue weighted by Gasteiger charge is -2.18. The first-order valence-electron chi connectivity index (χ1n) is 34.9. The molecule has 0 aliphatic rings. The van der Waals surface area contributed by atoms with Crippen LogP contribution in [0.4, 0.5) is 0 Å². The Morgan fingerprint density at radius 2 is 0.476 bits per heavy atom. The maximum absolute atomic E-state index is 12.9. The van der Waals surface area contributed by atoms with E-state index < -0.39 is 6.10 Å². The van der Waals surface area contributed by atoms with Gasteiger partial charge in [0.05, 0.1) is 0 Å². The molecule has 82 heavy (non-hydrogen) atoms. The largest absolute Gasteiger partial charge is 0.462 e. The first kappa shape index (κ1) is 78.1. The van der Waals surface area contributed by atoms with Crippen LogP contribution in [0.3, 0.4) is 0 Å². The standard InChI is InChI=1S/C76H130O6/c1-4-7-10-13-16-19-22-25-28-31-33-34-35-36-37-38-39-40-41-42-44-45-48-51-54-57-60-63-66-69-75(78)81-72-73(71-80-74(77)68-65-62-59-56-53-50-47-30-27-24-21-18-15-12-9-6-3)82-76(79)70-67-64-61-58-55-52-49-46-43-32-29-26-23-20-17-14-11-8-5-2/h7,10,16,19,25-26,28-30,33-34,36-37,39-40,42,44,47,73H,4-6,8-9,11-15,17-18,20-24,27,31-32,35,38,41,43,45-46,48-72H2,1-3H3/b10-7-,19-16-,28-25-,29-26-,34-33-,37-36-,40-39-,44-42-,47-30-. The zero-order valence-corrected chi connectivity index (χ0v) is 54.0. The normalized spacial score (nSPS) is 12.8. The number of hydrogen-bond donors (Lipinski definition) is 0. The lowest BCUT2D eigenvalue weighted by Crippen LogP contribution is -2.30. The highest BCUT2D eigenvalue weighted by molar-refractivity contribution is 5.71. The van der Waals surface area contributed by atoms with Crippen molar-refractivity contribution in [3.8, 4) is 0 Å². The van der Waals surface area contributed by atoms with Crippen molar-refractivity contribution in [2.75, 3.05) is 13.2 Å². The monoisotopic (exact) mass is 1140 g/mol. The minimum atomic E-state index is -0.790. The van der Waals surface area contributed by atoms with Gasteiger partial charge in [-0.3, -0.25) is 14.4 Å². The summed E-state index contributed by atoms with van der Waals surface area (Å²) in [6, 6.07) is 0. The summed E-state index contributed by atoms with van der Waals surface area (Å²) >= 11 is 0. The van der Waals surface area contributed by atoms with Crippen molar-refractivity contribution >= 4 is 17.9 Å². The van der Waals surface area contributed by atoms with Gasteiger partial charge in [-0.15, -0.1) is 0 Å². The highest BCUT2D eigenvalue weighted by Crippen LogP contribution is 2.16. The Bertz CT molecular complexity index is 1640. The van der Waals surface area contributed by atoms with Crippen LogP contribution in [-0.2, 0) is 28.6 Å². The number of carbonyl (C=O) groups is 3. The second-order valence-corrected chi connectivity index (χ2v) is 23.1. The summed E-state index contributed by atoms with van der Waals surface area (Å²) in [5, 5.41) is 0. The number of carbonyl (C=O) groups excluding carboxylic acids is 3. The fraction of sp³-hybridized carbons (Fsp3) is 0.724. The first-order chi connectivity index (χ1) is 40.5. The molecule has 0 aliphatic carbocycles. The topological polar surface area (TPSA) is 78.9 Å². The molecule has 0 aromatic heterocycles. The van der Waals surface area contributed by atoms with E-state index in [1.165, 1.54) is 180 Å². The number of hydrogen-bond acceptors (Lipinski definition) is 6. The zero-order valence-electron chi connectivity index (χ0n) is 54.0. The summed E-state index contributed by atoms with van der Waals surface area (Å²) in [6.07, 6.45) is 95.3. The minimum Gasteiger partial charge on any atom is -0.462 e. The molecule has 6 nitrogen and oxygen atoms in total. The van der Waals surface area contributed by atoms with Gasteiger partial charge >= 0.3 is 17.9 Å². The molecule has 0 saturated carbocycles. The van der Waals surface area contributed by atoms with Gasteiger partial charge in [-0.1, -0.05) is 297 Å². The third-order valence-corrected chi connectivity index (χ3v) is 15.0. The summed E-state index contributed by atoms with van der Waals surface area (Å²) in [5.74, 6) is -0.894. The number of allylic oxidation sites excluding steroid dienone is 18. The van der Waals surface area contributed by atoms with Crippen LogP contribution >= 0.6 is 0 Å². The smallest absolute Gasteiger partial charge is 0.306 e. The second-order valence-electron chi connectivity index (χ2n) is 23.1. The lowest BCUT2D eigenvalue weighted by molar-refractivity contribution is -0.167. The predicted molar refractivity (Wildman–Crippen MR) is 357 cm³/mol. The zero-order chi connectivity index (χ0) is 59.2. The van der Waals surface area contributed by atoms with Crippen LogP contribution in [0.1, 0.15) is 335 Å². The molecule has 0 aromatic rings. The Labute approximate surface area is 508 Å². The molecule has 6 heteroatoms. The second kappa shape index (κ2) is 69.6. The number of ether oxygens (including phenoxy) is 3. The third-order valence-electron chi connectivity index (χ3n) is 15.0. The van der Waals surface area contributed by atoms with Crippen molar-refractivity contribution in [1.29, 1.82) is 0 Å². The maximum Gasteiger partial charge on any atom is 0.306 e. The van der Waals surface area contributed by atoms with Crippen molar-refractivity contribution in [2.24, 2.45) is 0 Å². The van der Waals surface area contributed by atoms with E-state index in [0.717, 1.165) is 116 Å². The average Bonchev–Trinajstić information content (AvgIpc) is 3.47. The van der Waals surface area contributed by atoms with Gasteiger partial charge in [-0.2, -0.15) is 0 Å². The molecule has 0 aromatic carbocycles. The van der Waals surface area contributed by atoms with E-state index in [1.54, 1.807) is 0 Å². The number of rotatable bonds is 63. The van der Waals surface area contributed by atoms with Gasteiger partial charge in [0.25, 0.3) is 0 Å². The van der Waals surface area contributed by atoms with E-state index in [-0.39, 0.29) is 31.1 Å². The van der Waals surface area contributed by atoms with E-state index in [9.17, 15) is 14.4 Å². The molecule has 0 aliphatic heterocycles. The first-order valence-corrected chi connectivity index (χ1v) is 34.9. The minimum absolute atomic E-state index is 0.0855. The van der Waals surface area contributed by atoms with Gasteiger partial charge in [0.2, 0.25) is 0 Å². The summed E-state index contributed by atoms with van der Waals surface area (Å²) in [4.78, 5) is 38.4. The van der Waals surface area contributed by atoms with E-state index >= 15 is 0 Å². The molecular weight excluding hydrogens is 1010 g/mol. The van der Waals surface area contributed by atoms with Gasteiger partial charge < -0.3 is 14.2 Å². The quantitative estimate of drug-likeness (QED) is 0.0261. The molecule has 0 N–H and O–H groups in total. The van der Waals surface area contributed by atoms with E-state index in [0.29, 0.717) is 19.3 Å². The van der Waals surface area contributed by atoms with Crippen molar-refractivity contribution in [1.82, 2.24) is 0 Å². The lowest BCUT2D eigenvalue weighted by atomic mass is 10.1. The fourth-order valence-corrected chi connectivity index (χ4v) is 9.77. The predicted octanol–water partition coefficient (Wildman–Crippen LogP) is 24.2. The molecule has 0 saturated heterocycles. The molecule has 0 amide bonds. The highest BCUT2D eigenvalue weighted by atomic mass is 16.6.